The van der Waals surface area contributed by atoms with Crippen molar-refractivity contribution in [3.63, 3.8) is 0 Å². The van der Waals surface area contributed by atoms with Gasteiger partial charge in [-0.25, -0.2) is 9.18 Å². The molecule has 0 N–H and O–H groups in total. The van der Waals surface area contributed by atoms with Gasteiger partial charge >= 0.3 is 11.9 Å². The van der Waals surface area contributed by atoms with Gasteiger partial charge in [-0.15, -0.1) is 0 Å². The highest BCUT2D eigenvalue weighted by molar-refractivity contribution is 9.10. The normalized spacial score (nSPS) is 11.6. The van der Waals surface area contributed by atoms with Crippen molar-refractivity contribution in [2.45, 2.75) is 11.8 Å². The summed E-state index contributed by atoms with van der Waals surface area (Å²) in [5.74, 6) is -1.03. The highest BCUT2D eigenvalue weighted by atomic mass is 79.9. The molecule has 0 heterocycles. The first-order valence-corrected chi connectivity index (χ1v) is 7.31. The minimum atomic E-state index is -0.627. The SMILES string of the molecule is CC(Br)C(=O)Oc1cccc(OC(=O)c2ccc(F)cc2)c1. The van der Waals surface area contributed by atoms with E-state index in [0.29, 0.717) is 0 Å². The Balaban J connectivity index is 2.08. The lowest BCUT2D eigenvalue weighted by molar-refractivity contribution is -0.133. The molecule has 0 saturated carbocycles. The maximum Gasteiger partial charge on any atom is 0.343 e. The Kier molecular flexibility index (Phi) is 5.27. The Morgan fingerprint density at radius 2 is 1.64 bits per heavy atom. The summed E-state index contributed by atoms with van der Waals surface area (Å²) in [4.78, 5) is 22.9. The van der Waals surface area contributed by atoms with Gasteiger partial charge in [0.15, 0.2) is 0 Å². The van der Waals surface area contributed by atoms with Crippen LogP contribution in [0.3, 0.4) is 0 Å². The molecule has 2 aromatic rings. The number of alkyl halides is 1. The van der Waals surface area contributed by atoms with Gasteiger partial charge in [0.2, 0.25) is 0 Å². The molecule has 1 atom stereocenters. The number of carbonyl (C=O) groups is 2. The van der Waals surface area contributed by atoms with E-state index in [0.717, 1.165) is 0 Å². The van der Waals surface area contributed by atoms with Crippen LogP contribution in [0, 0.1) is 5.82 Å². The number of carbonyl (C=O) groups excluding carboxylic acids is 2. The van der Waals surface area contributed by atoms with E-state index >= 15 is 0 Å². The van der Waals surface area contributed by atoms with Crippen LogP contribution in [0.5, 0.6) is 11.5 Å². The highest BCUT2D eigenvalue weighted by Crippen LogP contribution is 2.21. The molecule has 0 fully saturated rings. The van der Waals surface area contributed by atoms with Crippen molar-refractivity contribution in [1.82, 2.24) is 0 Å². The van der Waals surface area contributed by atoms with E-state index in [1.165, 1.54) is 30.3 Å². The van der Waals surface area contributed by atoms with Gasteiger partial charge in [-0.05, 0) is 43.3 Å². The summed E-state index contributed by atoms with van der Waals surface area (Å²) < 4.78 is 23.1. The number of rotatable bonds is 4. The standard InChI is InChI=1S/C16H12BrFO4/c1-10(17)15(19)21-13-3-2-4-14(9-13)22-16(20)11-5-7-12(18)8-6-11/h2-10H,1H3. The van der Waals surface area contributed by atoms with Crippen molar-refractivity contribution in [3.8, 4) is 11.5 Å². The molecule has 0 spiro atoms. The second-order valence-electron chi connectivity index (χ2n) is 4.41. The maximum atomic E-state index is 12.8. The van der Waals surface area contributed by atoms with E-state index in [1.54, 1.807) is 25.1 Å². The first-order valence-electron chi connectivity index (χ1n) is 6.39. The van der Waals surface area contributed by atoms with Gasteiger partial charge in [0, 0.05) is 6.07 Å². The van der Waals surface area contributed by atoms with Crippen molar-refractivity contribution in [2.24, 2.45) is 0 Å². The summed E-state index contributed by atoms with van der Waals surface area (Å²) in [6, 6.07) is 11.1. The number of ether oxygens (including phenoxy) is 2. The fourth-order valence-corrected chi connectivity index (χ4v) is 1.64. The molecule has 0 aromatic heterocycles. The van der Waals surface area contributed by atoms with E-state index in [-0.39, 0.29) is 17.1 Å². The van der Waals surface area contributed by atoms with Gasteiger partial charge in [0.05, 0.1) is 5.56 Å². The Morgan fingerprint density at radius 3 is 2.23 bits per heavy atom. The van der Waals surface area contributed by atoms with Crippen molar-refractivity contribution in [3.05, 3.63) is 59.9 Å². The molecule has 4 nitrogen and oxygen atoms in total. The van der Waals surface area contributed by atoms with Gasteiger partial charge in [0.25, 0.3) is 0 Å². The van der Waals surface area contributed by atoms with Gasteiger partial charge in [0.1, 0.15) is 22.1 Å². The molecule has 0 amide bonds. The van der Waals surface area contributed by atoms with Crippen LogP contribution >= 0.6 is 15.9 Å². The summed E-state index contributed by atoms with van der Waals surface area (Å²) in [6.07, 6.45) is 0. The van der Waals surface area contributed by atoms with Crippen LogP contribution in [0.1, 0.15) is 17.3 Å². The first-order chi connectivity index (χ1) is 10.5. The zero-order valence-corrected chi connectivity index (χ0v) is 13.2. The molecule has 2 rings (SSSR count). The van der Waals surface area contributed by atoms with E-state index in [1.807, 2.05) is 0 Å². The second kappa shape index (κ2) is 7.17. The van der Waals surface area contributed by atoms with Crippen molar-refractivity contribution in [1.29, 1.82) is 0 Å². The summed E-state index contributed by atoms with van der Waals surface area (Å²) in [7, 11) is 0. The molecule has 0 aliphatic carbocycles. The van der Waals surface area contributed by atoms with Crippen LogP contribution in [0.2, 0.25) is 0 Å². The van der Waals surface area contributed by atoms with Crippen LogP contribution in [0.15, 0.2) is 48.5 Å². The van der Waals surface area contributed by atoms with Crippen molar-refractivity contribution in [2.75, 3.05) is 0 Å². The first kappa shape index (κ1) is 16.2. The smallest absolute Gasteiger partial charge is 0.343 e. The summed E-state index contributed by atoms with van der Waals surface area (Å²) in [5, 5.41) is 0. The Bertz CT molecular complexity index is 683. The average molecular weight is 367 g/mol. The number of hydrogen-bond acceptors (Lipinski definition) is 4. The van der Waals surface area contributed by atoms with E-state index < -0.39 is 22.6 Å². The Hall–Kier alpha value is -2.21. The molecule has 0 bridgehead atoms. The quantitative estimate of drug-likeness (QED) is 0.470. The predicted molar refractivity (Wildman–Crippen MR) is 81.8 cm³/mol. The predicted octanol–water partition coefficient (Wildman–Crippen LogP) is 3.73. The lowest BCUT2D eigenvalue weighted by Gasteiger charge is -2.08. The highest BCUT2D eigenvalue weighted by Gasteiger charge is 2.13. The van der Waals surface area contributed by atoms with E-state index in [4.69, 9.17) is 9.47 Å². The minimum Gasteiger partial charge on any atom is -0.426 e. The van der Waals surface area contributed by atoms with Gasteiger partial charge in [-0.3, -0.25) is 4.79 Å². The largest absolute Gasteiger partial charge is 0.426 e. The van der Waals surface area contributed by atoms with E-state index in [2.05, 4.69) is 15.9 Å². The summed E-state index contributed by atoms with van der Waals surface area (Å²) >= 11 is 3.10. The third kappa shape index (κ3) is 4.39. The molecule has 6 heteroatoms. The second-order valence-corrected chi connectivity index (χ2v) is 5.78. The monoisotopic (exact) mass is 366 g/mol. The molecular formula is C16H12BrFO4. The van der Waals surface area contributed by atoms with Crippen molar-refractivity contribution >= 4 is 27.9 Å². The van der Waals surface area contributed by atoms with Crippen LogP contribution < -0.4 is 9.47 Å². The number of halogens is 2. The van der Waals surface area contributed by atoms with Crippen molar-refractivity contribution < 1.29 is 23.5 Å². The number of esters is 2. The summed E-state index contributed by atoms with van der Waals surface area (Å²) in [5.41, 5.74) is 0.220. The lowest BCUT2D eigenvalue weighted by atomic mass is 10.2. The minimum absolute atomic E-state index is 0.220. The Labute approximate surface area is 135 Å². The molecule has 0 saturated heterocycles. The molecule has 114 valence electrons. The molecule has 0 aliphatic rings. The van der Waals surface area contributed by atoms with Crippen LogP contribution in [-0.4, -0.2) is 16.8 Å². The van der Waals surface area contributed by atoms with E-state index in [9.17, 15) is 14.0 Å². The van der Waals surface area contributed by atoms with Crippen LogP contribution in [-0.2, 0) is 4.79 Å². The average Bonchev–Trinajstić information content (AvgIpc) is 2.48. The molecule has 1 unspecified atom stereocenters. The topological polar surface area (TPSA) is 52.6 Å². The summed E-state index contributed by atoms with van der Waals surface area (Å²) in [6.45, 7) is 1.64. The Morgan fingerprint density at radius 1 is 1.05 bits per heavy atom. The molecule has 0 aliphatic heterocycles. The molecule has 0 radical (unpaired) electrons. The van der Waals surface area contributed by atoms with Crippen LogP contribution in [0.4, 0.5) is 4.39 Å². The fourth-order valence-electron chi connectivity index (χ4n) is 1.55. The van der Waals surface area contributed by atoms with Gasteiger partial charge < -0.3 is 9.47 Å². The van der Waals surface area contributed by atoms with Gasteiger partial charge in [-0.1, -0.05) is 22.0 Å². The third-order valence-electron chi connectivity index (χ3n) is 2.64. The zero-order valence-electron chi connectivity index (χ0n) is 11.6. The third-order valence-corrected chi connectivity index (χ3v) is 3.01. The molecule has 2 aromatic carbocycles. The maximum absolute atomic E-state index is 12.8. The lowest BCUT2D eigenvalue weighted by Crippen LogP contribution is -2.17. The molecular weight excluding hydrogens is 355 g/mol. The zero-order chi connectivity index (χ0) is 16.1. The fraction of sp³-hybridized carbons (Fsp3) is 0.125. The molecule has 22 heavy (non-hydrogen) atoms. The number of benzene rings is 2. The van der Waals surface area contributed by atoms with Crippen LogP contribution in [0.25, 0.3) is 0 Å². The van der Waals surface area contributed by atoms with Gasteiger partial charge in [-0.2, -0.15) is 0 Å². The number of hydrogen-bond donors (Lipinski definition) is 0.